The molecule has 2 rings (SSSR count). The van der Waals surface area contributed by atoms with Crippen molar-refractivity contribution in [1.29, 1.82) is 0 Å². The van der Waals surface area contributed by atoms with Gasteiger partial charge in [-0.05, 0) is 19.5 Å². The van der Waals surface area contributed by atoms with Crippen LogP contribution in [0.5, 0.6) is 0 Å². The summed E-state index contributed by atoms with van der Waals surface area (Å²) in [6, 6.07) is 1.94. The number of nitrogens with zero attached hydrogens (tertiary/aromatic N) is 3. The first kappa shape index (κ1) is 14.1. The van der Waals surface area contributed by atoms with Crippen LogP contribution in [-0.2, 0) is 0 Å². The van der Waals surface area contributed by atoms with Crippen LogP contribution in [0.3, 0.4) is 0 Å². The fourth-order valence-electron chi connectivity index (χ4n) is 2.36. The molecule has 0 saturated carbocycles. The number of anilines is 1. The number of aromatic nitrogens is 1. The van der Waals surface area contributed by atoms with Crippen molar-refractivity contribution in [3.05, 3.63) is 22.8 Å². The van der Waals surface area contributed by atoms with Gasteiger partial charge < -0.3 is 10.6 Å². The van der Waals surface area contributed by atoms with Gasteiger partial charge in [-0.15, -0.1) is 0 Å². The number of hydrogen-bond acceptors (Lipinski definition) is 4. The first-order valence-corrected chi connectivity index (χ1v) is 6.81. The number of amides is 1. The van der Waals surface area contributed by atoms with Crippen molar-refractivity contribution in [2.75, 3.05) is 32.4 Å². The second-order valence-electron chi connectivity index (χ2n) is 4.88. The van der Waals surface area contributed by atoms with Gasteiger partial charge in [-0.3, -0.25) is 9.69 Å². The van der Waals surface area contributed by atoms with E-state index in [2.05, 4.69) is 23.9 Å². The lowest BCUT2D eigenvalue weighted by molar-refractivity contribution is 0.0542. The van der Waals surface area contributed by atoms with Crippen LogP contribution >= 0.6 is 11.6 Å². The first-order valence-electron chi connectivity index (χ1n) is 6.43. The SMILES string of the molecule is CCC1CN(C(=O)c2cc(N)ncc2Cl)CCN1C. The summed E-state index contributed by atoms with van der Waals surface area (Å²) < 4.78 is 0. The van der Waals surface area contributed by atoms with Crippen LogP contribution < -0.4 is 5.73 Å². The highest BCUT2D eigenvalue weighted by Gasteiger charge is 2.27. The van der Waals surface area contributed by atoms with Gasteiger partial charge in [-0.1, -0.05) is 18.5 Å². The van der Waals surface area contributed by atoms with E-state index in [-0.39, 0.29) is 5.91 Å². The molecule has 1 aromatic rings. The number of hydrogen-bond donors (Lipinski definition) is 1. The van der Waals surface area contributed by atoms with E-state index in [4.69, 9.17) is 17.3 Å². The largest absolute Gasteiger partial charge is 0.384 e. The van der Waals surface area contributed by atoms with E-state index in [1.165, 1.54) is 6.20 Å². The van der Waals surface area contributed by atoms with Crippen molar-refractivity contribution < 1.29 is 4.79 Å². The molecule has 0 radical (unpaired) electrons. The van der Waals surface area contributed by atoms with Crippen molar-refractivity contribution >= 4 is 23.3 Å². The topological polar surface area (TPSA) is 62.5 Å². The summed E-state index contributed by atoms with van der Waals surface area (Å²) in [4.78, 5) is 20.5. The minimum absolute atomic E-state index is 0.0642. The lowest BCUT2D eigenvalue weighted by atomic mass is 10.1. The van der Waals surface area contributed by atoms with E-state index in [1.54, 1.807) is 6.07 Å². The normalized spacial score (nSPS) is 20.6. The Morgan fingerprint density at radius 3 is 3.00 bits per heavy atom. The van der Waals surface area contributed by atoms with E-state index in [0.29, 0.717) is 29.0 Å². The maximum Gasteiger partial charge on any atom is 0.255 e. The molecule has 5 nitrogen and oxygen atoms in total. The molecule has 2 heterocycles. The number of nitrogen functional groups attached to an aromatic ring is 1. The van der Waals surface area contributed by atoms with Crippen molar-refractivity contribution in [2.24, 2.45) is 0 Å². The van der Waals surface area contributed by atoms with Gasteiger partial charge in [0.25, 0.3) is 5.91 Å². The van der Waals surface area contributed by atoms with E-state index >= 15 is 0 Å². The van der Waals surface area contributed by atoms with Gasteiger partial charge in [0, 0.05) is 31.9 Å². The number of piperazine rings is 1. The molecule has 1 atom stereocenters. The Morgan fingerprint density at radius 2 is 2.32 bits per heavy atom. The van der Waals surface area contributed by atoms with E-state index < -0.39 is 0 Å². The standard InChI is InChI=1S/C13H19ClN4O/c1-3-9-8-18(5-4-17(9)2)13(19)10-6-12(15)16-7-11(10)14/h6-7,9H,3-5,8H2,1-2H3,(H2,15,16). The van der Waals surface area contributed by atoms with Crippen LogP contribution in [0.1, 0.15) is 23.7 Å². The molecule has 1 aliphatic heterocycles. The molecule has 0 aromatic carbocycles. The summed E-state index contributed by atoms with van der Waals surface area (Å²) >= 11 is 6.03. The van der Waals surface area contributed by atoms with E-state index in [1.807, 2.05) is 4.90 Å². The smallest absolute Gasteiger partial charge is 0.255 e. The number of carbonyl (C=O) groups is 1. The Labute approximate surface area is 118 Å². The zero-order valence-corrected chi connectivity index (χ0v) is 12.0. The zero-order chi connectivity index (χ0) is 14.0. The number of pyridine rings is 1. The third kappa shape index (κ3) is 2.98. The molecule has 0 aliphatic carbocycles. The maximum absolute atomic E-state index is 12.5. The van der Waals surface area contributed by atoms with Crippen LogP contribution in [0, 0.1) is 0 Å². The quantitative estimate of drug-likeness (QED) is 0.893. The summed E-state index contributed by atoms with van der Waals surface area (Å²) in [5.74, 6) is 0.250. The van der Waals surface area contributed by atoms with Crippen molar-refractivity contribution in [1.82, 2.24) is 14.8 Å². The average molecular weight is 283 g/mol. The van der Waals surface area contributed by atoms with Crippen LogP contribution in [-0.4, -0.2) is 53.4 Å². The molecule has 2 N–H and O–H groups in total. The van der Waals surface area contributed by atoms with Crippen LogP contribution in [0.2, 0.25) is 5.02 Å². The minimum atomic E-state index is -0.0642. The number of rotatable bonds is 2. The molecule has 19 heavy (non-hydrogen) atoms. The average Bonchev–Trinajstić information content (AvgIpc) is 2.41. The highest BCUT2D eigenvalue weighted by atomic mass is 35.5. The summed E-state index contributed by atoms with van der Waals surface area (Å²) in [6.07, 6.45) is 2.45. The summed E-state index contributed by atoms with van der Waals surface area (Å²) in [5.41, 5.74) is 6.06. The lowest BCUT2D eigenvalue weighted by Crippen LogP contribution is -2.53. The fraction of sp³-hybridized carbons (Fsp3) is 0.538. The maximum atomic E-state index is 12.5. The monoisotopic (exact) mass is 282 g/mol. The highest BCUT2D eigenvalue weighted by molar-refractivity contribution is 6.33. The van der Waals surface area contributed by atoms with Crippen molar-refractivity contribution in [3.8, 4) is 0 Å². The number of halogens is 1. The predicted octanol–water partition coefficient (Wildman–Crippen LogP) is 1.48. The molecule has 6 heteroatoms. The second kappa shape index (κ2) is 5.75. The third-order valence-electron chi connectivity index (χ3n) is 3.64. The lowest BCUT2D eigenvalue weighted by Gasteiger charge is -2.39. The van der Waals surface area contributed by atoms with Crippen LogP contribution in [0.25, 0.3) is 0 Å². The second-order valence-corrected chi connectivity index (χ2v) is 5.29. The molecule has 1 unspecified atom stereocenters. The first-order chi connectivity index (χ1) is 9.02. The molecule has 1 saturated heterocycles. The minimum Gasteiger partial charge on any atom is -0.384 e. The van der Waals surface area contributed by atoms with Crippen LogP contribution in [0.4, 0.5) is 5.82 Å². The molecule has 0 spiro atoms. The molecule has 0 bridgehead atoms. The number of likely N-dealkylation sites (N-methyl/N-ethyl adjacent to an activating group) is 1. The Bertz CT molecular complexity index is 480. The zero-order valence-electron chi connectivity index (χ0n) is 11.3. The molecule has 1 aliphatic rings. The highest BCUT2D eigenvalue weighted by Crippen LogP contribution is 2.20. The van der Waals surface area contributed by atoms with Gasteiger partial charge in [-0.25, -0.2) is 4.98 Å². The molecule has 1 aromatic heterocycles. The number of carbonyl (C=O) groups excluding carboxylic acids is 1. The Hall–Kier alpha value is -1.33. The number of nitrogens with two attached hydrogens (primary N) is 1. The van der Waals surface area contributed by atoms with Gasteiger partial charge in [0.15, 0.2) is 0 Å². The Morgan fingerprint density at radius 1 is 1.58 bits per heavy atom. The van der Waals surface area contributed by atoms with Crippen molar-refractivity contribution in [3.63, 3.8) is 0 Å². The van der Waals surface area contributed by atoms with Gasteiger partial charge >= 0.3 is 0 Å². The van der Waals surface area contributed by atoms with E-state index in [9.17, 15) is 4.79 Å². The van der Waals surface area contributed by atoms with Crippen LogP contribution in [0.15, 0.2) is 12.3 Å². The van der Waals surface area contributed by atoms with Gasteiger partial charge in [0.1, 0.15) is 5.82 Å². The summed E-state index contributed by atoms with van der Waals surface area (Å²) in [5, 5.41) is 0.353. The molecule has 1 amide bonds. The molecular weight excluding hydrogens is 264 g/mol. The van der Waals surface area contributed by atoms with Gasteiger partial charge in [-0.2, -0.15) is 0 Å². The van der Waals surface area contributed by atoms with Gasteiger partial charge in [0.2, 0.25) is 0 Å². The Kier molecular flexibility index (Phi) is 4.27. The van der Waals surface area contributed by atoms with Crippen molar-refractivity contribution in [2.45, 2.75) is 19.4 Å². The summed E-state index contributed by atoms with van der Waals surface area (Å²) in [6.45, 7) is 4.45. The molecular formula is C13H19ClN4O. The van der Waals surface area contributed by atoms with E-state index in [0.717, 1.165) is 19.5 Å². The molecule has 104 valence electrons. The fourth-order valence-corrected chi connectivity index (χ4v) is 2.54. The predicted molar refractivity (Wildman–Crippen MR) is 76.3 cm³/mol. The summed E-state index contributed by atoms with van der Waals surface area (Å²) in [7, 11) is 2.09. The third-order valence-corrected chi connectivity index (χ3v) is 3.94. The molecule has 1 fully saturated rings. The Balaban J connectivity index is 2.18. The van der Waals surface area contributed by atoms with Gasteiger partial charge in [0.05, 0.1) is 10.6 Å².